The number of esters is 1. The number of hydrogen-bond donors (Lipinski definition) is 1. The number of carbonyl (C=O) groups is 1. The molecular formula is C11H14O4. The molecule has 4 nitrogen and oxygen atoms in total. The van der Waals surface area contributed by atoms with Gasteiger partial charge in [-0.25, -0.2) is 0 Å². The molecular weight excluding hydrogens is 196 g/mol. The lowest BCUT2D eigenvalue weighted by Gasteiger charge is -2.11. The molecule has 1 aromatic rings. The summed E-state index contributed by atoms with van der Waals surface area (Å²) in [6, 6.07) is 9.14. The Morgan fingerprint density at radius 1 is 1.33 bits per heavy atom. The normalized spacial score (nSPS) is 11.9. The minimum Gasteiger partial charge on any atom is -0.491 e. The van der Waals surface area contributed by atoms with Crippen molar-refractivity contribution in [3.63, 3.8) is 0 Å². The van der Waals surface area contributed by atoms with Crippen molar-refractivity contribution in [2.75, 3.05) is 13.2 Å². The van der Waals surface area contributed by atoms with Crippen LogP contribution in [0.15, 0.2) is 30.3 Å². The van der Waals surface area contributed by atoms with E-state index in [2.05, 4.69) is 4.74 Å². The van der Waals surface area contributed by atoms with Gasteiger partial charge < -0.3 is 14.6 Å². The number of aliphatic hydroxyl groups excluding tert-OH is 1. The fourth-order valence-electron chi connectivity index (χ4n) is 0.971. The molecule has 1 unspecified atom stereocenters. The van der Waals surface area contributed by atoms with E-state index in [-0.39, 0.29) is 13.2 Å². The van der Waals surface area contributed by atoms with E-state index >= 15 is 0 Å². The average molecular weight is 210 g/mol. The van der Waals surface area contributed by atoms with Crippen molar-refractivity contribution in [1.82, 2.24) is 0 Å². The molecule has 0 amide bonds. The largest absolute Gasteiger partial charge is 0.491 e. The summed E-state index contributed by atoms with van der Waals surface area (Å²) in [5, 5.41) is 9.36. The Bertz CT molecular complexity index is 297. The summed E-state index contributed by atoms with van der Waals surface area (Å²) in [6.45, 7) is 1.37. The summed E-state index contributed by atoms with van der Waals surface area (Å²) in [4.78, 5) is 10.4. The molecule has 0 fully saturated rings. The Kier molecular flexibility index (Phi) is 4.63. The van der Waals surface area contributed by atoms with Gasteiger partial charge in [0.05, 0.1) is 0 Å². The molecule has 15 heavy (non-hydrogen) atoms. The van der Waals surface area contributed by atoms with Gasteiger partial charge in [0.2, 0.25) is 0 Å². The molecule has 0 heterocycles. The first-order valence-electron chi connectivity index (χ1n) is 4.68. The van der Waals surface area contributed by atoms with Crippen molar-refractivity contribution in [3.05, 3.63) is 30.3 Å². The van der Waals surface area contributed by atoms with Crippen molar-refractivity contribution < 1.29 is 19.4 Å². The zero-order chi connectivity index (χ0) is 11.1. The summed E-state index contributed by atoms with van der Waals surface area (Å²) < 4.78 is 9.88. The third-order valence-corrected chi connectivity index (χ3v) is 1.66. The number of benzene rings is 1. The lowest BCUT2D eigenvalue weighted by atomic mass is 10.3. The van der Waals surface area contributed by atoms with E-state index < -0.39 is 12.1 Å². The van der Waals surface area contributed by atoms with Crippen molar-refractivity contribution in [3.8, 4) is 5.75 Å². The quantitative estimate of drug-likeness (QED) is 0.736. The Balaban J connectivity index is 2.22. The van der Waals surface area contributed by atoms with Crippen LogP contribution in [0, 0.1) is 0 Å². The number of carbonyl (C=O) groups excluding carboxylic acids is 1. The van der Waals surface area contributed by atoms with Crippen LogP contribution >= 0.6 is 0 Å². The van der Waals surface area contributed by atoms with Crippen LogP contribution in [-0.4, -0.2) is 30.4 Å². The van der Waals surface area contributed by atoms with E-state index in [1.54, 1.807) is 12.1 Å². The van der Waals surface area contributed by atoms with Gasteiger partial charge in [-0.05, 0) is 12.1 Å². The standard InChI is InChI=1S/C11H14O4/c1-9(12)14-7-10(13)8-15-11-5-3-2-4-6-11/h2-6,10,13H,7-8H2,1H3. The van der Waals surface area contributed by atoms with Gasteiger partial charge in [0.1, 0.15) is 25.1 Å². The smallest absolute Gasteiger partial charge is 0.302 e. The van der Waals surface area contributed by atoms with Gasteiger partial charge in [0.15, 0.2) is 0 Å². The van der Waals surface area contributed by atoms with Gasteiger partial charge in [-0.1, -0.05) is 18.2 Å². The lowest BCUT2D eigenvalue weighted by molar-refractivity contribution is -0.144. The molecule has 1 N–H and O–H groups in total. The second-order valence-electron chi connectivity index (χ2n) is 3.08. The SMILES string of the molecule is CC(=O)OCC(O)COc1ccccc1. The summed E-state index contributed by atoms with van der Waals surface area (Å²) in [5.41, 5.74) is 0. The maximum absolute atomic E-state index is 10.4. The highest BCUT2D eigenvalue weighted by atomic mass is 16.5. The zero-order valence-electron chi connectivity index (χ0n) is 8.55. The minimum absolute atomic E-state index is 0.0395. The molecule has 0 aromatic heterocycles. The van der Waals surface area contributed by atoms with Crippen molar-refractivity contribution in [2.45, 2.75) is 13.0 Å². The van der Waals surface area contributed by atoms with Crippen LogP contribution in [0.3, 0.4) is 0 Å². The van der Waals surface area contributed by atoms with Crippen LogP contribution in [0.2, 0.25) is 0 Å². The maximum atomic E-state index is 10.4. The fraction of sp³-hybridized carbons (Fsp3) is 0.364. The van der Waals surface area contributed by atoms with Gasteiger partial charge >= 0.3 is 5.97 Å². The third kappa shape index (κ3) is 5.02. The molecule has 0 bridgehead atoms. The molecule has 0 saturated carbocycles. The van der Waals surface area contributed by atoms with Crippen molar-refractivity contribution in [2.24, 2.45) is 0 Å². The maximum Gasteiger partial charge on any atom is 0.302 e. The summed E-state index contributed by atoms with van der Waals surface area (Å²) in [6.07, 6.45) is -0.797. The number of hydrogen-bond acceptors (Lipinski definition) is 4. The van der Waals surface area contributed by atoms with Gasteiger partial charge in [-0.15, -0.1) is 0 Å². The zero-order valence-corrected chi connectivity index (χ0v) is 8.55. The first-order chi connectivity index (χ1) is 7.18. The van der Waals surface area contributed by atoms with Crippen LogP contribution in [0.4, 0.5) is 0 Å². The molecule has 1 rings (SSSR count). The number of ether oxygens (including phenoxy) is 2. The summed E-state index contributed by atoms with van der Waals surface area (Å²) in [5.74, 6) is 0.271. The topological polar surface area (TPSA) is 55.8 Å². The summed E-state index contributed by atoms with van der Waals surface area (Å²) >= 11 is 0. The Hall–Kier alpha value is -1.55. The first kappa shape index (κ1) is 11.5. The number of rotatable bonds is 5. The van der Waals surface area contributed by atoms with Gasteiger partial charge in [0.25, 0.3) is 0 Å². The second kappa shape index (κ2) is 6.03. The molecule has 82 valence electrons. The molecule has 0 aliphatic rings. The van der Waals surface area contributed by atoms with Gasteiger partial charge in [0, 0.05) is 6.92 Å². The second-order valence-corrected chi connectivity index (χ2v) is 3.08. The molecule has 0 aliphatic heterocycles. The predicted molar refractivity (Wildman–Crippen MR) is 54.6 cm³/mol. The van der Waals surface area contributed by atoms with Crippen LogP contribution in [-0.2, 0) is 9.53 Å². The van der Waals surface area contributed by atoms with E-state index in [9.17, 15) is 9.90 Å². The van der Waals surface area contributed by atoms with E-state index in [4.69, 9.17) is 4.74 Å². The molecule has 1 aromatic carbocycles. The molecule has 0 spiro atoms. The first-order valence-corrected chi connectivity index (χ1v) is 4.68. The monoisotopic (exact) mass is 210 g/mol. The Labute approximate surface area is 88.4 Å². The van der Waals surface area contributed by atoms with Gasteiger partial charge in [-0.2, -0.15) is 0 Å². The minimum atomic E-state index is -0.797. The third-order valence-electron chi connectivity index (χ3n) is 1.66. The Morgan fingerprint density at radius 3 is 2.60 bits per heavy atom. The van der Waals surface area contributed by atoms with Crippen LogP contribution in [0.1, 0.15) is 6.92 Å². The van der Waals surface area contributed by atoms with Crippen LogP contribution in [0.5, 0.6) is 5.75 Å². The summed E-state index contributed by atoms with van der Waals surface area (Å²) in [7, 11) is 0. The molecule has 0 aliphatic carbocycles. The Morgan fingerprint density at radius 2 is 2.00 bits per heavy atom. The number of para-hydroxylation sites is 1. The van der Waals surface area contributed by atoms with Gasteiger partial charge in [-0.3, -0.25) is 4.79 Å². The predicted octanol–water partition coefficient (Wildman–Crippen LogP) is 0.989. The van der Waals surface area contributed by atoms with E-state index in [0.29, 0.717) is 5.75 Å². The van der Waals surface area contributed by atoms with E-state index in [0.717, 1.165) is 0 Å². The average Bonchev–Trinajstić information content (AvgIpc) is 2.25. The molecule has 0 radical (unpaired) electrons. The van der Waals surface area contributed by atoms with E-state index in [1.807, 2.05) is 18.2 Å². The van der Waals surface area contributed by atoms with Crippen molar-refractivity contribution >= 4 is 5.97 Å². The van der Waals surface area contributed by atoms with Crippen LogP contribution in [0.25, 0.3) is 0 Å². The van der Waals surface area contributed by atoms with Crippen molar-refractivity contribution in [1.29, 1.82) is 0 Å². The number of aliphatic hydroxyl groups is 1. The highest BCUT2D eigenvalue weighted by Gasteiger charge is 2.06. The lowest BCUT2D eigenvalue weighted by Crippen LogP contribution is -2.24. The fourth-order valence-corrected chi connectivity index (χ4v) is 0.971. The molecule has 0 saturated heterocycles. The molecule has 1 atom stereocenters. The van der Waals surface area contributed by atoms with E-state index in [1.165, 1.54) is 6.92 Å². The molecule has 4 heteroatoms. The van der Waals surface area contributed by atoms with Crippen LogP contribution < -0.4 is 4.74 Å². The highest BCUT2D eigenvalue weighted by molar-refractivity contribution is 5.65. The highest BCUT2D eigenvalue weighted by Crippen LogP contribution is 2.08.